The van der Waals surface area contributed by atoms with Crippen LogP contribution in [0.25, 0.3) is 0 Å². The Labute approximate surface area is 194 Å². The van der Waals surface area contributed by atoms with Gasteiger partial charge in [-0.25, -0.2) is 0 Å². The normalized spacial score (nSPS) is 27.8. The van der Waals surface area contributed by atoms with Crippen molar-refractivity contribution in [3.8, 4) is 0 Å². The molecule has 174 valence electrons. The summed E-state index contributed by atoms with van der Waals surface area (Å²) in [4.78, 5) is 41.5. The first-order chi connectivity index (χ1) is 15.3. The minimum atomic E-state index is -0.851. The maximum atomic E-state index is 13.6. The van der Waals surface area contributed by atoms with Crippen molar-refractivity contribution in [1.29, 1.82) is 0 Å². The highest BCUT2D eigenvalue weighted by Crippen LogP contribution is 2.46. The molecule has 0 saturated carbocycles. The predicted octanol–water partition coefficient (Wildman–Crippen LogP) is 2.76. The minimum absolute atomic E-state index is 0.0796. The Morgan fingerprint density at radius 1 is 1.25 bits per heavy atom. The van der Waals surface area contributed by atoms with Gasteiger partial charge in [0.2, 0.25) is 17.7 Å². The number of para-hydroxylation sites is 1. The Balaban J connectivity index is 2.04. The summed E-state index contributed by atoms with van der Waals surface area (Å²) in [6.45, 7) is 5.31. The number of rotatable bonds is 7. The Morgan fingerprint density at radius 3 is 2.56 bits per heavy atom. The number of nitrogens with zero attached hydrogens (tertiary/aromatic N) is 1. The molecule has 3 rings (SSSR count). The van der Waals surface area contributed by atoms with Gasteiger partial charge in [0.25, 0.3) is 0 Å². The lowest BCUT2D eigenvalue weighted by Gasteiger charge is -2.34. The smallest absolute Gasteiger partial charge is 0.247 e. The number of aliphatic hydroxyl groups is 1. The van der Waals surface area contributed by atoms with Gasteiger partial charge in [0, 0.05) is 13.0 Å². The molecule has 0 aromatic heterocycles. The van der Waals surface area contributed by atoms with Crippen molar-refractivity contribution in [2.45, 2.75) is 45.7 Å². The number of halogens is 1. The van der Waals surface area contributed by atoms with E-state index in [9.17, 15) is 19.5 Å². The van der Waals surface area contributed by atoms with Crippen LogP contribution >= 0.6 is 11.6 Å². The number of benzene rings is 1. The van der Waals surface area contributed by atoms with Crippen molar-refractivity contribution in [1.82, 2.24) is 10.2 Å². The first kappa shape index (κ1) is 24.3. The standard InChI is InChI=1S/C24H32ClN3O4/c1-5-7-15-10-11-16-19(18(15)22(30)26-4)24(32)28(14(3)12-29)21(16)23(31)27-20-13(2)8-6-9-17(20)25/h6,8-11,14-16,18-19,21,29H,5,7,12H2,1-4H3,(H,26,30)(H,27,31)/t14-,15-,16+,18-,19+,21+/m1/s1. The van der Waals surface area contributed by atoms with Crippen LogP contribution in [0.2, 0.25) is 5.02 Å². The van der Waals surface area contributed by atoms with Crippen LogP contribution in [0, 0.1) is 30.6 Å². The average Bonchev–Trinajstić information content (AvgIpc) is 3.08. The number of fused-ring (bicyclic) bond motifs is 1. The van der Waals surface area contributed by atoms with Crippen molar-refractivity contribution in [2.75, 3.05) is 19.0 Å². The number of amides is 3. The molecule has 0 unspecified atom stereocenters. The van der Waals surface area contributed by atoms with Crippen molar-refractivity contribution in [3.63, 3.8) is 0 Å². The van der Waals surface area contributed by atoms with Crippen LogP contribution in [0.3, 0.4) is 0 Å². The minimum Gasteiger partial charge on any atom is -0.394 e. The third kappa shape index (κ3) is 4.28. The number of carbonyl (C=O) groups excluding carboxylic acids is 3. The number of nitrogens with one attached hydrogen (secondary N) is 2. The summed E-state index contributed by atoms with van der Waals surface area (Å²) in [5.41, 5.74) is 1.30. The fourth-order valence-corrected chi connectivity index (χ4v) is 5.40. The second kappa shape index (κ2) is 10.0. The highest BCUT2D eigenvalue weighted by molar-refractivity contribution is 6.34. The Hall–Kier alpha value is -2.38. The molecule has 8 heteroatoms. The highest BCUT2D eigenvalue weighted by atomic mass is 35.5. The summed E-state index contributed by atoms with van der Waals surface area (Å²) in [6, 6.07) is 3.92. The van der Waals surface area contributed by atoms with Crippen LogP contribution < -0.4 is 10.6 Å². The number of hydrogen-bond donors (Lipinski definition) is 3. The fraction of sp³-hybridized carbons (Fsp3) is 0.542. The van der Waals surface area contributed by atoms with Gasteiger partial charge in [0.05, 0.1) is 35.2 Å². The van der Waals surface area contributed by atoms with E-state index in [1.165, 1.54) is 4.90 Å². The molecule has 1 fully saturated rings. The van der Waals surface area contributed by atoms with Crippen LogP contribution in [0.4, 0.5) is 5.69 Å². The monoisotopic (exact) mass is 461 g/mol. The van der Waals surface area contributed by atoms with Crippen LogP contribution in [0.15, 0.2) is 30.4 Å². The summed E-state index contributed by atoms with van der Waals surface area (Å²) in [6.07, 6.45) is 5.54. The summed E-state index contributed by atoms with van der Waals surface area (Å²) in [7, 11) is 1.57. The molecule has 0 bridgehead atoms. The number of allylic oxidation sites excluding steroid dienone is 1. The maximum absolute atomic E-state index is 13.6. The molecular weight excluding hydrogens is 430 g/mol. The van der Waals surface area contributed by atoms with Crippen LogP contribution in [0.1, 0.15) is 32.3 Å². The van der Waals surface area contributed by atoms with E-state index in [2.05, 4.69) is 10.6 Å². The van der Waals surface area contributed by atoms with Gasteiger partial charge in [-0.15, -0.1) is 0 Å². The van der Waals surface area contributed by atoms with Crippen molar-refractivity contribution < 1.29 is 19.5 Å². The second-order valence-corrected chi connectivity index (χ2v) is 9.13. The molecule has 3 N–H and O–H groups in total. The van der Waals surface area contributed by atoms with Crippen molar-refractivity contribution in [3.05, 3.63) is 40.9 Å². The van der Waals surface area contributed by atoms with Gasteiger partial charge in [0.15, 0.2) is 0 Å². The first-order valence-corrected chi connectivity index (χ1v) is 11.5. The first-order valence-electron chi connectivity index (χ1n) is 11.2. The molecule has 0 radical (unpaired) electrons. The molecule has 1 heterocycles. The van der Waals surface area contributed by atoms with Gasteiger partial charge >= 0.3 is 0 Å². The third-order valence-corrected chi connectivity index (χ3v) is 7.01. The lowest BCUT2D eigenvalue weighted by atomic mass is 9.68. The van der Waals surface area contributed by atoms with E-state index in [1.54, 1.807) is 26.1 Å². The molecule has 1 aromatic rings. The van der Waals surface area contributed by atoms with E-state index in [4.69, 9.17) is 11.6 Å². The van der Waals surface area contributed by atoms with E-state index in [0.717, 1.165) is 18.4 Å². The number of aryl methyl sites for hydroxylation is 1. The molecule has 6 atom stereocenters. The van der Waals surface area contributed by atoms with Crippen LogP contribution in [-0.2, 0) is 14.4 Å². The van der Waals surface area contributed by atoms with Gasteiger partial charge in [-0.05, 0) is 37.8 Å². The van der Waals surface area contributed by atoms with Gasteiger partial charge in [0.1, 0.15) is 6.04 Å². The lowest BCUT2D eigenvalue weighted by Crippen LogP contribution is -2.49. The van der Waals surface area contributed by atoms with Crippen LogP contribution in [-0.4, -0.2) is 53.5 Å². The zero-order chi connectivity index (χ0) is 23.6. The van der Waals surface area contributed by atoms with Gasteiger partial charge in [-0.2, -0.15) is 0 Å². The molecule has 1 aromatic carbocycles. The molecule has 1 saturated heterocycles. The van der Waals surface area contributed by atoms with Crippen molar-refractivity contribution >= 4 is 35.0 Å². The Kier molecular flexibility index (Phi) is 7.62. The summed E-state index contributed by atoms with van der Waals surface area (Å²) >= 11 is 6.31. The zero-order valence-corrected chi connectivity index (χ0v) is 19.7. The van der Waals surface area contributed by atoms with E-state index in [1.807, 2.05) is 32.1 Å². The maximum Gasteiger partial charge on any atom is 0.247 e. The molecule has 7 nitrogen and oxygen atoms in total. The predicted molar refractivity (Wildman–Crippen MR) is 124 cm³/mol. The highest BCUT2D eigenvalue weighted by Gasteiger charge is 2.57. The summed E-state index contributed by atoms with van der Waals surface area (Å²) in [5.74, 6) is -2.62. The quantitative estimate of drug-likeness (QED) is 0.544. The Morgan fingerprint density at radius 2 is 1.97 bits per heavy atom. The van der Waals surface area contributed by atoms with Crippen LogP contribution in [0.5, 0.6) is 0 Å². The number of hydrogen-bond acceptors (Lipinski definition) is 4. The average molecular weight is 462 g/mol. The summed E-state index contributed by atoms with van der Waals surface area (Å²) < 4.78 is 0. The molecule has 32 heavy (non-hydrogen) atoms. The number of likely N-dealkylation sites (tertiary alicyclic amines) is 1. The lowest BCUT2D eigenvalue weighted by molar-refractivity contribution is -0.142. The van der Waals surface area contributed by atoms with E-state index in [0.29, 0.717) is 10.7 Å². The zero-order valence-electron chi connectivity index (χ0n) is 19.0. The van der Waals surface area contributed by atoms with E-state index >= 15 is 0 Å². The second-order valence-electron chi connectivity index (χ2n) is 8.72. The topological polar surface area (TPSA) is 98.7 Å². The van der Waals surface area contributed by atoms with Gasteiger partial charge < -0.3 is 20.6 Å². The molecule has 0 spiro atoms. The number of carbonyl (C=O) groups is 3. The molecule has 3 amide bonds. The van der Waals surface area contributed by atoms with Crippen molar-refractivity contribution in [2.24, 2.45) is 23.7 Å². The SMILES string of the molecule is CCC[C@@H]1C=C[C@H]2[C@H](C(=O)N([C@H](C)CO)[C@@H]2C(=O)Nc2c(C)cccc2Cl)[C@@H]1C(=O)NC. The molecule has 1 aliphatic heterocycles. The number of anilines is 1. The van der Waals surface area contributed by atoms with Gasteiger partial charge in [-0.3, -0.25) is 14.4 Å². The number of aliphatic hydroxyl groups excluding tert-OH is 1. The molecular formula is C24H32ClN3O4. The third-order valence-electron chi connectivity index (χ3n) is 6.70. The molecule has 1 aliphatic carbocycles. The van der Waals surface area contributed by atoms with E-state index < -0.39 is 29.8 Å². The van der Waals surface area contributed by atoms with E-state index in [-0.39, 0.29) is 30.2 Å². The summed E-state index contributed by atoms with van der Waals surface area (Å²) in [5, 5.41) is 15.8. The largest absolute Gasteiger partial charge is 0.394 e. The Bertz CT molecular complexity index is 898. The van der Waals surface area contributed by atoms with Gasteiger partial charge in [-0.1, -0.05) is 49.2 Å². The fourth-order valence-electron chi connectivity index (χ4n) is 5.13. The molecule has 2 aliphatic rings.